The summed E-state index contributed by atoms with van der Waals surface area (Å²) in [6.07, 6.45) is 8.26. The van der Waals surface area contributed by atoms with E-state index in [1.54, 1.807) is 6.20 Å². The topological polar surface area (TPSA) is 33.4 Å². The fourth-order valence-electron chi connectivity index (χ4n) is 2.62. The van der Waals surface area contributed by atoms with Gasteiger partial charge in [0.2, 0.25) is 5.78 Å². The first-order chi connectivity index (χ1) is 10.8. The Labute approximate surface area is 131 Å². The molecule has 114 valence electrons. The quantitative estimate of drug-likeness (QED) is 0.668. The smallest absolute Gasteiger partial charge is 0.233 e. The summed E-state index contributed by atoms with van der Waals surface area (Å²) in [4.78, 5) is 11.4. The van der Waals surface area contributed by atoms with Gasteiger partial charge in [0.1, 0.15) is 0 Å². The molecule has 2 heterocycles. The summed E-state index contributed by atoms with van der Waals surface area (Å²) in [5, 5.41) is 0. The average Bonchev–Trinajstić information content (AvgIpc) is 2.96. The van der Waals surface area contributed by atoms with Gasteiger partial charge in [-0.1, -0.05) is 43.7 Å². The highest BCUT2D eigenvalue weighted by atomic mass is 15.2. The molecular weight excluding hydrogens is 272 g/mol. The van der Waals surface area contributed by atoms with Crippen molar-refractivity contribution in [2.75, 3.05) is 6.54 Å². The van der Waals surface area contributed by atoms with Crippen LogP contribution < -0.4 is 0 Å². The van der Waals surface area contributed by atoms with E-state index in [0.29, 0.717) is 0 Å². The first-order valence-electron chi connectivity index (χ1n) is 7.90. The largest absolute Gasteiger partial charge is 0.293 e. The van der Waals surface area contributed by atoms with Gasteiger partial charge in [-0.05, 0) is 24.6 Å². The molecule has 0 bridgehead atoms. The van der Waals surface area contributed by atoms with Crippen LogP contribution in [0, 0.1) is 0 Å². The van der Waals surface area contributed by atoms with E-state index in [-0.39, 0.29) is 0 Å². The zero-order chi connectivity index (χ0) is 15.2. The predicted octanol–water partition coefficient (Wildman–Crippen LogP) is 3.53. The minimum Gasteiger partial charge on any atom is -0.293 e. The summed E-state index contributed by atoms with van der Waals surface area (Å²) in [5.41, 5.74) is 2.42. The molecule has 0 aliphatic carbocycles. The molecule has 4 nitrogen and oxygen atoms in total. The van der Waals surface area contributed by atoms with Gasteiger partial charge in [-0.15, -0.1) is 0 Å². The normalized spacial score (nSPS) is 11.4. The van der Waals surface area contributed by atoms with E-state index in [0.717, 1.165) is 31.1 Å². The third-order valence-electron chi connectivity index (χ3n) is 3.75. The highest BCUT2D eigenvalue weighted by Gasteiger charge is 2.10. The number of imidazole rings is 1. The molecule has 3 aromatic rings. The Hall–Kier alpha value is -2.20. The molecular formula is C18H22N4. The van der Waals surface area contributed by atoms with Crippen LogP contribution >= 0.6 is 0 Å². The molecule has 0 unspecified atom stereocenters. The number of fused-ring (bicyclic) bond motifs is 1. The molecule has 0 aliphatic heterocycles. The minimum atomic E-state index is 0.771. The summed E-state index contributed by atoms with van der Waals surface area (Å²) in [5.74, 6) is 0.771. The fraction of sp³-hybridized carbons (Fsp3) is 0.333. The monoisotopic (exact) mass is 294 g/mol. The van der Waals surface area contributed by atoms with Gasteiger partial charge in [-0.25, -0.2) is 9.97 Å². The molecule has 22 heavy (non-hydrogen) atoms. The van der Waals surface area contributed by atoms with E-state index in [1.807, 2.05) is 16.7 Å². The number of nitrogens with zero attached hydrogens (tertiary/aromatic N) is 4. The van der Waals surface area contributed by atoms with Crippen LogP contribution in [0.2, 0.25) is 0 Å². The van der Waals surface area contributed by atoms with E-state index in [1.165, 1.54) is 18.4 Å². The molecule has 0 saturated carbocycles. The molecule has 2 aromatic heterocycles. The van der Waals surface area contributed by atoms with Crippen LogP contribution in [-0.4, -0.2) is 25.8 Å². The maximum atomic E-state index is 4.61. The molecule has 0 N–H and O–H groups in total. The van der Waals surface area contributed by atoms with Gasteiger partial charge in [0.05, 0.1) is 5.69 Å². The highest BCUT2D eigenvalue weighted by Crippen LogP contribution is 2.11. The Bertz CT molecular complexity index is 672. The zero-order valence-corrected chi connectivity index (χ0v) is 13.0. The average molecular weight is 294 g/mol. The molecule has 0 radical (unpaired) electrons. The lowest BCUT2D eigenvalue weighted by Gasteiger charge is -2.21. The van der Waals surface area contributed by atoms with Gasteiger partial charge in [-0.3, -0.25) is 9.30 Å². The van der Waals surface area contributed by atoms with Crippen molar-refractivity contribution in [2.45, 2.75) is 32.9 Å². The van der Waals surface area contributed by atoms with E-state index < -0.39 is 0 Å². The van der Waals surface area contributed by atoms with E-state index >= 15 is 0 Å². The summed E-state index contributed by atoms with van der Waals surface area (Å²) < 4.78 is 1.98. The first-order valence-corrected chi connectivity index (χ1v) is 7.90. The van der Waals surface area contributed by atoms with Crippen molar-refractivity contribution in [2.24, 2.45) is 0 Å². The summed E-state index contributed by atoms with van der Waals surface area (Å²) in [7, 11) is 0. The molecule has 1 aromatic carbocycles. The lowest BCUT2D eigenvalue weighted by atomic mass is 10.2. The second-order valence-electron chi connectivity index (χ2n) is 5.61. The standard InChI is InChI=1S/C18H22N4/c1-2-3-11-21(13-16-8-5-4-6-9-16)14-17-15-22-12-7-10-19-18(22)20-17/h4-10,12,15H,2-3,11,13-14H2,1H3. The number of aromatic nitrogens is 3. The molecule has 3 rings (SSSR count). The molecule has 4 heteroatoms. The summed E-state index contributed by atoms with van der Waals surface area (Å²) >= 11 is 0. The van der Waals surface area contributed by atoms with Gasteiger partial charge in [0.25, 0.3) is 0 Å². The Balaban J connectivity index is 1.73. The van der Waals surface area contributed by atoms with Crippen molar-refractivity contribution in [1.29, 1.82) is 0 Å². The van der Waals surface area contributed by atoms with Crippen molar-refractivity contribution in [3.05, 3.63) is 66.2 Å². The van der Waals surface area contributed by atoms with Crippen molar-refractivity contribution in [3.8, 4) is 0 Å². The molecule has 0 spiro atoms. The maximum absolute atomic E-state index is 4.61. The van der Waals surface area contributed by atoms with Crippen molar-refractivity contribution < 1.29 is 0 Å². The number of rotatable bonds is 7. The van der Waals surface area contributed by atoms with Crippen molar-refractivity contribution in [3.63, 3.8) is 0 Å². The van der Waals surface area contributed by atoms with Crippen LogP contribution in [-0.2, 0) is 13.1 Å². The second kappa shape index (κ2) is 7.18. The lowest BCUT2D eigenvalue weighted by Crippen LogP contribution is -2.24. The summed E-state index contributed by atoms with van der Waals surface area (Å²) in [6.45, 7) is 5.14. The van der Waals surface area contributed by atoms with Crippen LogP contribution in [0.5, 0.6) is 0 Å². The second-order valence-corrected chi connectivity index (χ2v) is 5.61. The summed E-state index contributed by atoms with van der Waals surface area (Å²) in [6, 6.07) is 12.6. The molecule has 0 aliphatic rings. The third kappa shape index (κ3) is 3.71. The van der Waals surface area contributed by atoms with Gasteiger partial charge >= 0.3 is 0 Å². The van der Waals surface area contributed by atoms with Crippen molar-refractivity contribution >= 4 is 5.78 Å². The Kier molecular flexibility index (Phi) is 4.81. The van der Waals surface area contributed by atoms with Crippen LogP contribution in [0.1, 0.15) is 31.0 Å². The Morgan fingerprint density at radius 1 is 1.09 bits per heavy atom. The number of hydrogen-bond acceptors (Lipinski definition) is 3. The van der Waals surface area contributed by atoms with Crippen LogP contribution in [0.25, 0.3) is 5.78 Å². The first kappa shape index (κ1) is 14.7. The maximum Gasteiger partial charge on any atom is 0.233 e. The van der Waals surface area contributed by atoms with Crippen LogP contribution in [0.3, 0.4) is 0 Å². The Morgan fingerprint density at radius 2 is 1.95 bits per heavy atom. The SMILES string of the molecule is CCCCN(Cc1ccccc1)Cc1cn2cccnc2n1. The highest BCUT2D eigenvalue weighted by molar-refractivity contribution is 5.29. The van der Waals surface area contributed by atoms with Crippen LogP contribution in [0.4, 0.5) is 0 Å². The van der Waals surface area contributed by atoms with Gasteiger partial charge in [0.15, 0.2) is 0 Å². The van der Waals surface area contributed by atoms with Gasteiger partial charge in [0, 0.05) is 31.7 Å². The van der Waals surface area contributed by atoms with E-state index in [2.05, 4.69) is 58.3 Å². The Morgan fingerprint density at radius 3 is 2.73 bits per heavy atom. The number of benzene rings is 1. The molecule has 0 atom stereocenters. The zero-order valence-electron chi connectivity index (χ0n) is 13.0. The van der Waals surface area contributed by atoms with Crippen molar-refractivity contribution in [1.82, 2.24) is 19.3 Å². The molecule has 0 amide bonds. The number of unbranched alkanes of at least 4 members (excludes halogenated alkanes) is 1. The third-order valence-corrected chi connectivity index (χ3v) is 3.75. The number of hydrogen-bond donors (Lipinski definition) is 0. The van der Waals surface area contributed by atoms with E-state index in [9.17, 15) is 0 Å². The van der Waals surface area contributed by atoms with Gasteiger partial charge in [-0.2, -0.15) is 0 Å². The van der Waals surface area contributed by atoms with E-state index in [4.69, 9.17) is 0 Å². The molecule has 0 fully saturated rings. The minimum absolute atomic E-state index is 0.771. The van der Waals surface area contributed by atoms with Crippen LogP contribution in [0.15, 0.2) is 55.0 Å². The predicted molar refractivity (Wildman–Crippen MR) is 88.5 cm³/mol. The molecule has 0 saturated heterocycles. The van der Waals surface area contributed by atoms with Gasteiger partial charge < -0.3 is 0 Å². The lowest BCUT2D eigenvalue weighted by molar-refractivity contribution is 0.250. The fourth-order valence-corrected chi connectivity index (χ4v) is 2.62.